The Morgan fingerprint density at radius 1 is 1.00 bits per heavy atom. The summed E-state index contributed by atoms with van der Waals surface area (Å²) in [6, 6.07) is 12.9. The molecule has 0 spiro atoms. The van der Waals surface area contributed by atoms with Gasteiger partial charge in [-0.1, -0.05) is 44.2 Å². The summed E-state index contributed by atoms with van der Waals surface area (Å²) in [4.78, 5) is 11.6. The Bertz CT molecular complexity index is 1300. The zero-order valence-corrected chi connectivity index (χ0v) is 23.1. The van der Waals surface area contributed by atoms with E-state index in [0.29, 0.717) is 31.8 Å². The van der Waals surface area contributed by atoms with E-state index in [9.17, 15) is 19.4 Å². The molecule has 212 valence electrons. The summed E-state index contributed by atoms with van der Waals surface area (Å²) in [7, 11) is 0. The minimum atomic E-state index is -1.02. The highest BCUT2D eigenvalue weighted by atomic mass is 19.1. The maximum absolute atomic E-state index is 13.3. The van der Waals surface area contributed by atoms with Crippen molar-refractivity contribution in [3.63, 3.8) is 0 Å². The predicted molar refractivity (Wildman–Crippen MR) is 152 cm³/mol. The van der Waals surface area contributed by atoms with Crippen LogP contribution in [0.15, 0.2) is 89.4 Å². The minimum absolute atomic E-state index is 0.143. The molecule has 2 aromatic rings. The molecule has 2 aliphatic rings. The van der Waals surface area contributed by atoms with E-state index in [0.717, 1.165) is 59.5 Å². The third-order valence-electron chi connectivity index (χ3n) is 7.15. The summed E-state index contributed by atoms with van der Waals surface area (Å²) in [5, 5.41) is 20.2. The van der Waals surface area contributed by atoms with Gasteiger partial charge in [0.1, 0.15) is 34.8 Å². The average Bonchev–Trinajstić information content (AvgIpc) is 2.96. The average molecular weight is 549 g/mol. The van der Waals surface area contributed by atoms with Crippen molar-refractivity contribution < 1.29 is 33.6 Å². The van der Waals surface area contributed by atoms with Crippen LogP contribution in [0.3, 0.4) is 0 Å². The number of allylic oxidation sites excluding steroid dienone is 3. The van der Waals surface area contributed by atoms with Gasteiger partial charge in [-0.25, -0.2) is 9.18 Å². The van der Waals surface area contributed by atoms with E-state index in [1.54, 1.807) is 36.4 Å². The van der Waals surface area contributed by atoms with E-state index >= 15 is 0 Å². The largest absolute Gasteiger partial charge is 0.498 e. The fraction of sp³-hybridized carbons (Fsp3) is 0.364. The van der Waals surface area contributed by atoms with Gasteiger partial charge in [-0.15, -0.1) is 0 Å². The van der Waals surface area contributed by atoms with Crippen LogP contribution in [-0.4, -0.2) is 41.6 Å². The van der Waals surface area contributed by atoms with Crippen LogP contribution in [0.2, 0.25) is 0 Å². The molecule has 2 aromatic carbocycles. The highest BCUT2D eigenvalue weighted by Crippen LogP contribution is 2.33. The summed E-state index contributed by atoms with van der Waals surface area (Å²) in [6.07, 6.45) is 9.06. The first kappa shape index (κ1) is 29.2. The highest BCUT2D eigenvalue weighted by Gasteiger charge is 2.25. The number of carbonyl (C=O) groups is 1. The molecule has 0 radical (unpaired) electrons. The molecule has 4 rings (SSSR count). The molecule has 0 aliphatic heterocycles. The molecule has 0 saturated heterocycles. The molecule has 2 aliphatic carbocycles. The van der Waals surface area contributed by atoms with Gasteiger partial charge in [-0.05, 0) is 78.8 Å². The molecule has 7 heteroatoms. The van der Waals surface area contributed by atoms with Crippen molar-refractivity contribution in [1.82, 2.24) is 0 Å². The van der Waals surface area contributed by atoms with Crippen molar-refractivity contribution >= 4 is 11.5 Å². The van der Waals surface area contributed by atoms with Crippen LogP contribution < -0.4 is 4.74 Å². The van der Waals surface area contributed by atoms with Crippen molar-refractivity contribution in [2.75, 3.05) is 13.2 Å². The predicted octanol–water partition coefficient (Wildman–Crippen LogP) is 7.22. The van der Waals surface area contributed by atoms with Gasteiger partial charge in [-0.2, -0.15) is 0 Å². The van der Waals surface area contributed by atoms with Gasteiger partial charge in [0.25, 0.3) is 0 Å². The summed E-state index contributed by atoms with van der Waals surface area (Å²) in [5.74, 6) is 0.611. The number of carboxylic acid groups (broad SMARTS) is 1. The Morgan fingerprint density at radius 2 is 1.73 bits per heavy atom. The van der Waals surface area contributed by atoms with Gasteiger partial charge in [0.05, 0.1) is 19.3 Å². The molecule has 0 fully saturated rings. The van der Waals surface area contributed by atoms with Crippen LogP contribution in [0.5, 0.6) is 5.75 Å². The second kappa shape index (κ2) is 14.0. The zero-order valence-electron chi connectivity index (χ0n) is 23.1. The second-order valence-electron chi connectivity index (χ2n) is 9.82. The van der Waals surface area contributed by atoms with Gasteiger partial charge < -0.3 is 24.4 Å². The summed E-state index contributed by atoms with van der Waals surface area (Å²) in [5.41, 5.74) is 3.79. The van der Waals surface area contributed by atoms with E-state index < -0.39 is 12.1 Å². The van der Waals surface area contributed by atoms with Crippen LogP contribution >= 0.6 is 0 Å². The molecule has 0 aromatic heterocycles. The van der Waals surface area contributed by atoms with Gasteiger partial charge in [0.2, 0.25) is 0 Å². The van der Waals surface area contributed by atoms with E-state index in [1.807, 2.05) is 25.2 Å². The number of rotatable bonds is 13. The third-order valence-corrected chi connectivity index (χ3v) is 7.15. The number of halogens is 1. The lowest BCUT2D eigenvalue weighted by Crippen LogP contribution is -2.23. The topological polar surface area (TPSA) is 85.2 Å². The molecule has 0 bridgehead atoms. The molecular weight excluding hydrogens is 511 g/mol. The zero-order chi connectivity index (χ0) is 28.5. The van der Waals surface area contributed by atoms with Crippen molar-refractivity contribution in [3.05, 3.63) is 106 Å². The Labute approximate surface area is 235 Å². The number of benzene rings is 2. The van der Waals surface area contributed by atoms with Gasteiger partial charge in [0, 0.05) is 18.4 Å². The number of unbranched alkanes of at least 4 members (excludes halogenated alkanes) is 1. The molecule has 0 amide bonds. The van der Waals surface area contributed by atoms with Gasteiger partial charge >= 0.3 is 5.97 Å². The lowest BCUT2D eigenvalue weighted by molar-refractivity contribution is 0.0690. The first-order valence-electron chi connectivity index (χ1n) is 13.9. The Morgan fingerprint density at radius 3 is 2.42 bits per heavy atom. The minimum Gasteiger partial charge on any atom is -0.498 e. The second-order valence-corrected chi connectivity index (χ2v) is 9.82. The Kier molecular flexibility index (Phi) is 10.2. The number of aliphatic hydroxyl groups is 1. The van der Waals surface area contributed by atoms with Gasteiger partial charge in [-0.3, -0.25) is 0 Å². The monoisotopic (exact) mass is 548 g/mol. The molecular formula is C33H37FO6. The maximum atomic E-state index is 13.3. The van der Waals surface area contributed by atoms with Crippen molar-refractivity contribution in [2.45, 2.75) is 64.6 Å². The molecule has 0 heterocycles. The summed E-state index contributed by atoms with van der Waals surface area (Å²) >= 11 is 0. The van der Waals surface area contributed by atoms with Crippen LogP contribution in [0.4, 0.5) is 4.39 Å². The SMILES string of the molecule is CCC1=C(OCCCCOC2=C(CC)C(Oc3ccccc3C(=O)O)CC=C2)CC(O)C(c2ccc(F)cc2)=C1. The van der Waals surface area contributed by atoms with Crippen LogP contribution in [0.25, 0.3) is 5.57 Å². The number of ether oxygens (including phenoxy) is 3. The maximum Gasteiger partial charge on any atom is 0.339 e. The standard InChI is InChI=1S/C33H37FO6/c1-3-22-20-27(23-14-16-24(34)17-15-23)28(35)21-32(22)39-19-8-7-18-38-29-12-9-13-30(25(29)4-2)40-31-11-6-5-10-26(31)33(36)37/h5-6,9-12,14-17,20,28,30,35H,3-4,7-8,13,18-19,21H2,1-2H3,(H,36,37). The third kappa shape index (κ3) is 7.21. The summed E-state index contributed by atoms with van der Waals surface area (Å²) in [6.45, 7) is 5.12. The smallest absolute Gasteiger partial charge is 0.339 e. The van der Waals surface area contributed by atoms with Crippen molar-refractivity contribution in [3.8, 4) is 5.75 Å². The van der Waals surface area contributed by atoms with E-state index in [1.165, 1.54) is 12.1 Å². The number of aliphatic hydroxyl groups excluding tert-OH is 1. The number of carboxylic acids is 1. The lowest BCUT2D eigenvalue weighted by atomic mass is 9.89. The lowest BCUT2D eigenvalue weighted by Gasteiger charge is -2.26. The van der Waals surface area contributed by atoms with E-state index in [2.05, 4.69) is 6.92 Å². The Balaban J connectivity index is 1.29. The molecule has 6 nitrogen and oxygen atoms in total. The van der Waals surface area contributed by atoms with Crippen LogP contribution in [0.1, 0.15) is 68.3 Å². The fourth-order valence-corrected chi connectivity index (χ4v) is 5.00. The van der Waals surface area contributed by atoms with Gasteiger partial charge in [0.15, 0.2) is 0 Å². The quantitative estimate of drug-likeness (QED) is 0.257. The number of hydrogen-bond donors (Lipinski definition) is 2. The molecule has 2 unspecified atom stereocenters. The molecule has 2 atom stereocenters. The first-order valence-corrected chi connectivity index (χ1v) is 13.9. The van der Waals surface area contributed by atoms with E-state index in [-0.39, 0.29) is 17.5 Å². The fourth-order valence-electron chi connectivity index (χ4n) is 5.00. The number of aromatic carboxylic acids is 1. The normalized spacial score (nSPS) is 18.9. The molecule has 2 N–H and O–H groups in total. The number of hydrogen-bond acceptors (Lipinski definition) is 5. The van der Waals surface area contributed by atoms with Crippen LogP contribution in [-0.2, 0) is 9.47 Å². The molecule has 0 saturated carbocycles. The van der Waals surface area contributed by atoms with E-state index in [4.69, 9.17) is 14.2 Å². The molecule has 40 heavy (non-hydrogen) atoms. The summed E-state index contributed by atoms with van der Waals surface area (Å²) < 4.78 is 31.6. The number of para-hydroxylation sites is 1. The highest BCUT2D eigenvalue weighted by molar-refractivity contribution is 5.90. The van der Waals surface area contributed by atoms with Crippen molar-refractivity contribution in [1.29, 1.82) is 0 Å². The van der Waals surface area contributed by atoms with Crippen molar-refractivity contribution in [2.24, 2.45) is 0 Å². The Hall–Kier alpha value is -3.84. The first-order chi connectivity index (χ1) is 19.4. The van der Waals surface area contributed by atoms with Crippen LogP contribution in [0, 0.1) is 5.82 Å².